The van der Waals surface area contributed by atoms with E-state index in [4.69, 9.17) is 5.73 Å². The number of benzene rings is 1. The zero-order valence-electron chi connectivity index (χ0n) is 10.8. The number of esters is 1. The average Bonchev–Trinajstić information content (AvgIpc) is 2.75. The molecule has 2 aliphatic heterocycles. The Kier molecular flexibility index (Phi) is 2.67. The number of fused-ring (bicyclic) bond motifs is 3. The van der Waals surface area contributed by atoms with Gasteiger partial charge in [0.1, 0.15) is 6.04 Å². The van der Waals surface area contributed by atoms with Crippen LogP contribution in [0.5, 0.6) is 0 Å². The van der Waals surface area contributed by atoms with Crippen molar-refractivity contribution in [2.24, 2.45) is 10.7 Å². The molecule has 2 aliphatic rings. The molecule has 7 heteroatoms. The highest BCUT2D eigenvalue weighted by Crippen LogP contribution is 2.49. The topological polar surface area (TPSA) is 67.9 Å². The summed E-state index contributed by atoms with van der Waals surface area (Å²) in [4.78, 5) is 17.0. The van der Waals surface area contributed by atoms with Gasteiger partial charge in [-0.3, -0.25) is 0 Å². The van der Waals surface area contributed by atoms with E-state index in [0.29, 0.717) is 11.3 Å². The van der Waals surface area contributed by atoms with Crippen LogP contribution in [-0.2, 0) is 4.74 Å². The maximum atomic E-state index is 14.1. The lowest BCUT2D eigenvalue weighted by Crippen LogP contribution is -2.42. The van der Waals surface area contributed by atoms with Crippen LogP contribution in [0.4, 0.5) is 14.5 Å². The number of carbonyl (C=O) groups excluding carboxylic acids is 1. The van der Waals surface area contributed by atoms with E-state index >= 15 is 0 Å². The fourth-order valence-electron chi connectivity index (χ4n) is 2.71. The number of methoxy groups -OCH3 is 1. The predicted octanol–water partition coefficient (Wildman–Crippen LogP) is 1.82. The van der Waals surface area contributed by atoms with Crippen LogP contribution in [-0.4, -0.2) is 36.4 Å². The third-order valence-corrected chi connectivity index (χ3v) is 3.67. The Balaban J connectivity index is 2.14. The molecule has 0 bridgehead atoms. The molecule has 0 aliphatic carbocycles. The summed E-state index contributed by atoms with van der Waals surface area (Å²) in [5.41, 5.74) is 6.64. The molecule has 1 aromatic rings. The summed E-state index contributed by atoms with van der Waals surface area (Å²) in [7, 11) is 1.24. The molecule has 5 nitrogen and oxygen atoms in total. The molecule has 0 radical (unpaired) electrons. The standard InChI is InChI=1S/C13H13F2N3O2/c1-20-11(19)7-2-3-9-8(6-7)10-13(14,15)4-5-18(10)12(16)17-9/h2-3,6,10H,4-5H2,1H3,(H2,16,17)/t10-/m0/s1. The van der Waals surface area contributed by atoms with Crippen LogP contribution in [0, 0.1) is 0 Å². The lowest BCUT2D eigenvalue weighted by molar-refractivity contribution is -0.0249. The van der Waals surface area contributed by atoms with Crippen molar-refractivity contribution in [2.45, 2.75) is 18.4 Å². The monoisotopic (exact) mass is 281 g/mol. The minimum atomic E-state index is -2.90. The van der Waals surface area contributed by atoms with Gasteiger partial charge in [0.25, 0.3) is 5.92 Å². The zero-order chi connectivity index (χ0) is 14.5. The normalized spacial score (nSPS) is 22.9. The predicted molar refractivity (Wildman–Crippen MR) is 68.1 cm³/mol. The van der Waals surface area contributed by atoms with Gasteiger partial charge in [0, 0.05) is 18.5 Å². The summed E-state index contributed by atoms with van der Waals surface area (Å²) in [6.45, 7) is 0.148. The van der Waals surface area contributed by atoms with E-state index < -0.39 is 17.9 Å². The fraction of sp³-hybridized carbons (Fsp3) is 0.385. The summed E-state index contributed by atoms with van der Waals surface area (Å²) in [6.07, 6.45) is -0.282. The molecular weight excluding hydrogens is 268 g/mol. The summed E-state index contributed by atoms with van der Waals surface area (Å²) in [6, 6.07) is 3.25. The van der Waals surface area contributed by atoms with Crippen LogP contribution < -0.4 is 5.73 Å². The number of nitrogens with zero attached hydrogens (tertiary/aromatic N) is 2. The largest absolute Gasteiger partial charge is 0.465 e. The number of hydrogen-bond acceptors (Lipinski definition) is 5. The molecule has 20 heavy (non-hydrogen) atoms. The summed E-state index contributed by atoms with van der Waals surface area (Å²) in [5.74, 6) is -3.38. The number of halogens is 2. The molecule has 3 rings (SSSR count). The highest BCUT2D eigenvalue weighted by Gasteiger charge is 2.52. The molecule has 1 atom stereocenters. The maximum Gasteiger partial charge on any atom is 0.337 e. The first-order valence-corrected chi connectivity index (χ1v) is 6.15. The maximum absolute atomic E-state index is 14.1. The highest BCUT2D eigenvalue weighted by molar-refractivity contribution is 5.91. The molecule has 0 spiro atoms. The Labute approximate surface area is 114 Å². The van der Waals surface area contributed by atoms with Crippen molar-refractivity contribution in [1.82, 2.24) is 4.90 Å². The van der Waals surface area contributed by atoms with E-state index in [-0.39, 0.29) is 24.5 Å². The van der Waals surface area contributed by atoms with Crippen molar-refractivity contribution in [3.63, 3.8) is 0 Å². The first kappa shape index (κ1) is 12.8. The number of aliphatic imine (C=N–C) groups is 1. The van der Waals surface area contributed by atoms with Crippen LogP contribution in [0.1, 0.15) is 28.4 Å². The Bertz CT molecular complexity index is 616. The van der Waals surface area contributed by atoms with Gasteiger partial charge in [-0.2, -0.15) is 0 Å². The number of rotatable bonds is 1. The van der Waals surface area contributed by atoms with Crippen LogP contribution in [0.2, 0.25) is 0 Å². The lowest BCUT2D eigenvalue weighted by atomic mass is 9.96. The van der Waals surface area contributed by atoms with Crippen LogP contribution in [0.15, 0.2) is 23.2 Å². The van der Waals surface area contributed by atoms with E-state index in [1.807, 2.05) is 0 Å². The fourth-order valence-corrected chi connectivity index (χ4v) is 2.71. The van der Waals surface area contributed by atoms with E-state index in [1.54, 1.807) is 0 Å². The minimum absolute atomic E-state index is 0.0884. The Morgan fingerprint density at radius 2 is 2.30 bits per heavy atom. The number of hydrogen-bond donors (Lipinski definition) is 1. The Morgan fingerprint density at radius 1 is 1.55 bits per heavy atom. The minimum Gasteiger partial charge on any atom is -0.465 e. The summed E-state index contributed by atoms with van der Waals surface area (Å²) >= 11 is 0. The van der Waals surface area contributed by atoms with Crippen molar-refractivity contribution in [3.8, 4) is 0 Å². The Hall–Kier alpha value is -2.18. The SMILES string of the molecule is COC(=O)c1ccc2c(c1)[C@@H]1N(CCC1(F)F)C(N)=N2. The highest BCUT2D eigenvalue weighted by atomic mass is 19.3. The molecule has 2 N–H and O–H groups in total. The molecule has 1 aromatic carbocycles. The molecule has 106 valence electrons. The molecule has 0 unspecified atom stereocenters. The quantitative estimate of drug-likeness (QED) is 0.797. The third-order valence-electron chi connectivity index (χ3n) is 3.67. The van der Waals surface area contributed by atoms with Gasteiger partial charge in [0.05, 0.1) is 18.4 Å². The second-order valence-corrected chi connectivity index (χ2v) is 4.84. The second kappa shape index (κ2) is 4.16. The van der Waals surface area contributed by atoms with Gasteiger partial charge < -0.3 is 15.4 Å². The molecule has 2 heterocycles. The van der Waals surface area contributed by atoms with Gasteiger partial charge >= 0.3 is 5.97 Å². The lowest BCUT2D eigenvalue weighted by Gasteiger charge is -2.33. The molecule has 0 saturated carbocycles. The first-order chi connectivity index (χ1) is 9.44. The van der Waals surface area contributed by atoms with Crippen molar-refractivity contribution in [2.75, 3.05) is 13.7 Å². The van der Waals surface area contributed by atoms with E-state index in [2.05, 4.69) is 9.73 Å². The molecular formula is C13H13F2N3O2. The van der Waals surface area contributed by atoms with Gasteiger partial charge in [-0.25, -0.2) is 18.6 Å². The number of carbonyl (C=O) groups is 1. The number of ether oxygens (including phenoxy) is 1. The van der Waals surface area contributed by atoms with Gasteiger partial charge in [-0.1, -0.05) is 0 Å². The molecule has 1 saturated heterocycles. The number of guanidine groups is 1. The van der Waals surface area contributed by atoms with E-state index in [1.165, 1.54) is 30.2 Å². The van der Waals surface area contributed by atoms with Crippen LogP contribution >= 0.6 is 0 Å². The van der Waals surface area contributed by atoms with Crippen molar-refractivity contribution < 1.29 is 18.3 Å². The van der Waals surface area contributed by atoms with Crippen LogP contribution in [0.25, 0.3) is 0 Å². The summed E-state index contributed by atoms with van der Waals surface area (Å²) < 4.78 is 32.8. The van der Waals surface area contributed by atoms with Crippen molar-refractivity contribution in [3.05, 3.63) is 29.3 Å². The average molecular weight is 281 g/mol. The second-order valence-electron chi connectivity index (χ2n) is 4.84. The van der Waals surface area contributed by atoms with Gasteiger partial charge in [0.2, 0.25) is 0 Å². The van der Waals surface area contributed by atoms with Gasteiger partial charge in [0.15, 0.2) is 5.96 Å². The van der Waals surface area contributed by atoms with Crippen LogP contribution in [0.3, 0.4) is 0 Å². The smallest absolute Gasteiger partial charge is 0.337 e. The Morgan fingerprint density at radius 3 is 3.00 bits per heavy atom. The summed E-state index contributed by atoms with van der Waals surface area (Å²) in [5, 5.41) is 0. The van der Waals surface area contributed by atoms with Crippen molar-refractivity contribution >= 4 is 17.6 Å². The zero-order valence-corrected chi connectivity index (χ0v) is 10.8. The van der Waals surface area contributed by atoms with Crippen molar-refractivity contribution in [1.29, 1.82) is 0 Å². The molecule has 0 amide bonds. The number of alkyl halides is 2. The van der Waals surface area contributed by atoms with E-state index in [9.17, 15) is 13.6 Å². The molecule has 1 fully saturated rings. The number of nitrogens with two attached hydrogens (primary N) is 1. The first-order valence-electron chi connectivity index (χ1n) is 6.15. The molecule has 0 aromatic heterocycles. The van der Waals surface area contributed by atoms with Gasteiger partial charge in [-0.15, -0.1) is 0 Å². The third kappa shape index (κ3) is 1.73. The van der Waals surface area contributed by atoms with Gasteiger partial charge in [-0.05, 0) is 18.2 Å². The van der Waals surface area contributed by atoms with E-state index in [0.717, 1.165) is 0 Å².